The Morgan fingerprint density at radius 3 is 2.29 bits per heavy atom. The van der Waals surface area contributed by atoms with Gasteiger partial charge in [-0.1, -0.05) is 20.8 Å². The molecule has 2 heterocycles. The minimum absolute atomic E-state index is 0.0222. The number of carbonyl (C=O) groups is 2. The second-order valence-corrected chi connectivity index (χ2v) is 8.97. The smallest absolute Gasteiger partial charge is 0.257 e. The van der Waals surface area contributed by atoms with Crippen molar-refractivity contribution >= 4 is 11.8 Å². The van der Waals surface area contributed by atoms with Gasteiger partial charge in [-0.15, -0.1) is 0 Å². The molecule has 0 saturated carbocycles. The molecule has 31 heavy (non-hydrogen) atoms. The van der Waals surface area contributed by atoms with Gasteiger partial charge >= 0.3 is 0 Å². The van der Waals surface area contributed by atoms with E-state index < -0.39 is 17.2 Å². The Morgan fingerprint density at radius 1 is 1.16 bits per heavy atom. The molecule has 2 aromatic rings. The first-order valence-corrected chi connectivity index (χ1v) is 10.5. The fraction of sp³-hybridized carbons (Fsp3) is 0.522. The summed E-state index contributed by atoms with van der Waals surface area (Å²) in [6.07, 6.45) is 5.35. The number of amides is 2. The third kappa shape index (κ3) is 6.82. The van der Waals surface area contributed by atoms with Crippen LogP contribution < -0.4 is 16.1 Å². The number of nitrogens with one attached hydrogen (secondary N) is 2. The van der Waals surface area contributed by atoms with Crippen LogP contribution in [0.4, 0.5) is 0 Å². The lowest BCUT2D eigenvalue weighted by Crippen LogP contribution is -2.42. The highest BCUT2D eigenvalue weighted by molar-refractivity contribution is 5.99. The van der Waals surface area contributed by atoms with E-state index in [1.165, 1.54) is 18.7 Å². The van der Waals surface area contributed by atoms with Crippen LogP contribution in [0.25, 0.3) is 0 Å². The lowest BCUT2D eigenvalue weighted by atomic mass is 9.93. The van der Waals surface area contributed by atoms with Gasteiger partial charge < -0.3 is 24.5 Å². The molecule has 170 valence electrons. The van der Waals surface area contributed by atoms with E-state index >= 15 is 0 Å². The molecule has 0 aromatic carbocycles. The number of nitrogens with zero attached hydrogens (tertiary/aromatic N) is 2. The van der Waals surface area contributed by atoms with Crippen molar-refractivity contribution in [2.24, 2.45) is 5.41 Å². The lowest BCUT2D eigenvalue weighted by molar-refractivity contribution is 0.0927. The highest BCUT2D eigenvalue weighted by atomic mass is 16.3. The lowest BCUT2D eigenvalue weighted by Gasteiger charge is -2.28. The van der Waals surface area contributed by atoms with Crippen molar-refractivity contribution in [1.82, 2.24) is 20.1 Å². The molecule has 0 fully saturated rings. The van der Waals surface area contributed by atoms with E-state index in [-0.39, 0.29) is 29.1 Å². The van der Waals surface area contributed by atoms with Crippen LogP contribution in [0, 0.1) is 5.41 Å². The van der Waals surface area contributed by atoms with E-state index in [0.29, 0.717) is 12.3 Å². The maximum Gasteiger partial charge on any atom is 0.257 e. The van der Waals surface area contributed by atoms with Crippen LogP contribution in [0.5, 0.6) is 0 Å². The van der Waals surface area contributed by atoms with Crippen LogP contribution in [0.2, 0.25) is 0 Å². The summed E-state index contributed by atoms with van der Waals surface area (Å²) >= 11 is 0. The minimum atomic E-state index is -0.584. The number of hydrogen-bond acceptors (Lipinski definition) is 5. The molecule has 2 rings (SSSR count). The first-order chi connectivity index (χ1) is 14.5. The van der Waals surface area contributed by atoms with Gasteiger partial charge in [-0.2, -0.15) is 0 Å². The topological polar surface area (TPSA) is 96.6 Å². The summed E-state index contributed by atoms with van der Waals surface area (Å²) in [4.78, 5) is 40.7. The minimum Gasteiger partial charge on any atom is -0.467 e. The predicted molar refractivity (Wildman–Crippen MR) is 120 cm³/mol. The summed E-state index contributed by atoms with van der Waals surface area (Å²) in [5.74, 6) is -0.441. The normalized spacial score (nSPS) is 12.6. The molecule has 0 radical (unpaired) electrons. The third-order valence-electron chi connectivity index (χ3n) is 5.11. The zero-order chi connectivity index (χ0) is 23.2. The average Bonchev–Trinajstić information content (AvgIpc) is 3.22. The van der Waals surface area contributed by atoms with E-state index in [1.807, 2.05) is 46.7 Å². The molecule has 2 N–H and O–H groups in total. The Hall–Kier alpha value is -2.87. The Morgan fingerprint density at radius 2 is 1.77 bits per heavy atom. The highest BCUT2D eigenvalue weighted by Gasteiger charge is 2.24. The number of rotatable bonds is 10. The maximum atomic E-state index is 13.0. The first kappa shape index (κ1) is 24.4. The summed E-state index contributed by atoms with van der Waals surface area (Å²) in [6.45, 7) is 9.40. The van der Waals surface area contributed by atoms with Gasteiger partial charge in [0.15, 0.2) is 0 Å². The summed E-state index contributed by atoms with van der Waals surface area (Å²) in [7, 11) is 3.94. The van der Waals surface area contributed by atoms with Gasteiger partial charge in [0.2, 0.25) is 5.43 Å². The third-order valence-corrected chi connectivity index (χ3v) is 5.11. The van der Waals surface area contributed by atoms with E-state index in [1.54, 1.807) is 16.7 Å². The van der Waals surface area contributed by atoms with Gasteiger partial charge in [-0.3, -0.25) is 14.4 Å². The van der Waals surface area contributed by atoms with E-state index in [2.05, 4.69) is 10.6 Å². The summed E-state index contributed by atoms with van der Waals surface area (Å²) in [5, 5.41) is 5.55. The quantitative estimate of drug-likeness (QED) is 0.604. The highest BCUT2D eigenvalue weighted by Crippen LogP contribution is 2.15. The van der Waals surface area contributed by atoms with E-state index in [0.717, 1.165) is 13.0 Å². The molecule has 2 aromatic heterocycles. The van der Waals surface area contributed by atoms with Crippen molar-refractivity contribution in [3.05, 3.63) is 57.9 Å². The monoisotopic (exact) mass is 430 g/mol. The molecular formula is C23H34N4O4. The van der Waals surface area contributed by atoms with Crippen LogP contribution in [-0.2, 0) is 6.54 Å². The van der Waals surface area contributed by atoms with Crippen LogP contribution in [0.1, 0.15) is 66.6 Å². The molecular weight excluding hydrogens is 396 g/mol. The van der Waals surface area contributed by atoms with Gasteiger partial charge in [-0.25, -0.2) is 0 Å². The number of pyridine rings is 1. The Kier molecular flexibility index (Phi) is 8.21. The molecule has 0 aliphatic carbocycles. The van der Waals surface area contributed by atoms with Gasteiger partial charge in [-0.05, 0) is 45.0 Å². The molecule has 0 bridgehead atoms. The fourth-order valence-corrected chi connectivity index (χ4v) is 3.39. The molecule has 8 heteroatoms. The summed E-state index contributed by atoms with van der Waals surface area (Å²) in [6, 6.07) is 3.48. The van der Waals surface area contributed by atoms with Crippen LogP contribution in [-0.4, -0.2) is 48.5 Å². The predicted octanol–water partition coefficient (Wildman–Crippen LogP) is 2.66. The summed E-state index contributed by atoms with van der Waals surface area (Å²) < 4.78 is 6.97. The van der Waals surface area contributed by atoms with Gasteiger partial charge in [0.1, 0.15) is 16.9 Å². The molecule has 2 amide bonds. The number of furan rings is 1. The second kappa shape index (κ2) is 10.4. The maximum absolute atomic E-state index is 13.0. The molecule has 0 unspecified atom stereocenters. The van der Waals surface area contributed by atoms with Gasteiger partial charge in [0.05, 0.1) is 12.8 Å². The van der Waals surface area contributed by atoms with E-state index in [4.69, 9.17) is 4.42 Å². The van der Waals surface area contributed by atoms with Gasteiger partial charge in [0, 0.05) is 31.5 Å². The molecule has 8 nitrogen and oxygen atoms in total. The SMILES string of the molecule is CC[C@H](C)n1cc(C(=O)NCc2ccco2)c(=O)c(C(=O)NCC(C)(C)CN(C)C)c1. The molecule has 0 spiro atoms. The number of hydrogen-bond donors (Lipinski definition) is 2. The number of carbonyl (C=O) groups excluding carboxylic acids is 2. The molecule has 1 atom stereocenters. The van der Waals surface area contributed by atoms with Crippen molar-refractivity contribution in [2.75, 3.05) is 27.2 Å². The van der Waals surface area contributed by atoms with Crippen LogP contribution in [0.15, 0.2) is 40.0 Å². The summed E-state index contributed by atoms with van der Waals surface area (Å²) in [5.41, 5.74) is -0.856. The molecule has 0 aliphatic heterocycles. The average molecular weight is 431 g/mol. The van der Waals surface area contributed by atoms with Crippen molar-refractivity contribution in [2.45, 2.75) is 46.7 Å². The largest absolute Gasteiger partial charge is 0.467 e. The fourth-order valence-electron chi connectivity index (χ4n) is 3.39. The van der Waals surface area contributed by atoms with Crippen molar-refractivity contribution in [3.8, 4) is 0 Å². The Labute approximate surface area is 183 Å². The van der Waals surface area contributed by atoms with E-state index in [9.17, 15) is 14.4 Å². The number of aromatic nitrogens is 1. The first-order valence-electron chi connectivity index (χ1n) is 10.5. The second-order valence-electron chi connectivity index (χ2n) is 8.97. The zero-order valence-electron chi connectivity index (χ0n) is 19.3. The van der Waals surface area contributed by atoms with Crippen molar-refractivity contribution in [1.29, 1.82) is 0 Å². The van der Waals surface area contributed by atoms with Crippen LogP contribution in [0.3, 0.4) is 0 Å². The Bertz CT molecular complexity index is 945. The molecule has 0 aliphatic rings. The zero-order valence-corrected chi connectivity index (χ0v) is 19.3. The van der Waals surface area contributed by atoms with Crippen molar-refractivity contribution in [3.63, 3.8) is 0 Å². The van der Waals surface area contributed by atoms with Gasteiger partial charge in [0.25, 0.3) is 11.8 Å². The van der Waals surface area contributed by atoms with Crippen molar-refractivity contribution < 1.29 is 14.0 Å². The Balaban J connectivity index is 2.29. The van der Waals surface area contributed by atoms with Crippen LogP contribution >= 0.6 is 0 Å². The standard InChI is InChI=1S/C23H34N4O4/c1-7-16(2)27-12-18(21(29)24-11-17-9-8-10-31-17)20(28)19(13-27)22(30)25-14-23(3,4)15-26(5)6/h8-10,12-13,16H,7,11,14-15H2,1-6H3,(H,24,29)(H,25,30)/t16-/m0/s1. The molecule has 0 saturated heterocycles.